The third-order valence-corrected chi connectivity index (χ3v) is 3.32. The number of hydrogen-bond acceptors (Lipinski definition) is 4. The molecule has 1 aromatic carbocycles. The number of hydrogen-bond donors (Lipinski definition) is 1. The summed E-state index contributed by atoms with van der Waals surface area (Å²) >= 11 is 0. The van der Waals surface area contributed by atoms with Gasteiger partial charge in [-0.25, -0.2) is 0 Å². The van der Waals surface area contributed by atoms with Gasteiger partial charge in [-0.15, -0.1) is 0 Å². The van der Waals surface area contributed by atoms with Crippen LogP contribution in [0.2, 0.25) is 0 Å². The molecule has 1 aliphatic heterocycles. The molecule has 1 saturated heterocycles. The molecular weight excluding hydrogens is 254 g/mol. The topological polar surface area (TPSA) is 58.8 Å². The maximum Gasteiger partial charge on any atom is 0.241 e. The molecule has 5 nitrogen and oxygen atoms in total. The fraction of sp³-hybridized carbons (Fsp3) is 0.533. The molecule has 20 heavy (non-hydrogen) atoms. The van der Waals surface area contributed by atoms with Gasteiger partial charge in [0.15, 0.2) is 0 Å². The average molecular weight is 277 g/mol. The van der Waals surface area contributed by atoms with Gasteiger partial charge in [0, 0.05) is 43.6 Å². The number of likely N-dealkylation sites (N-methyl/N-ethyl adjacent to an activating group) is 1. The minimum atomic E-state index is 0.0987. The first kappa shape index (κ1) is 14.5. The Morgan fingerprint density at radius 2 is 2.00 bits per heavy atom. The Hall–Kier alpha value is -1.91. The predicted molar refractivity (Wildman–Crippen MR) is 81.1 cm³/mol. The Morgan fingerprint density at radius 1 is 1.25 bits per heavy atom. The van der Waals surface area contributed by atoms with Crippen molar-refractivity contribution >= 4 is 17.3 Å². The second-order valence-corrected chi connectivity index (χ2v) is 5.52. The first-order chi connectivity index (χ1) is 9.45. The second kappa shape index (κ2) is 6.03. The highest BCUT2D eigenvalue weighted by Crippen LogP contribution is 2.27. The van der Waals surface area contributed by atoms with Crippen LogP contribution in [0.3, 0.4) is 0 Å². The van der Waals surface area contributed by atoms with E-state index < -0.39 is 0 Å². The summed E-state index contributed by atoms with van der Waals surface area (Å²) in [6, 6.07) is 5.66. The maximum atomic E-state index is 12.0. The summed E-state index contributed by atoms with van der Waals surface area (Å²) < 4.78 is 5.70. The number of carbonyl (C=O) groups excluding carboxylic acids is 1. The fourth-order valence-electron chi connectivity index (χ4n) is 2.34. The van der Waals surface area contributed by atoms with Gasteiger partial charge in [-0.2, -0.15) is 0 Å². The van der Waals surface area contributed by atoms with E-state index in [4.69, 9.17) is 10.5 Å². The summed E-state index contributed by atoms with van der Waals surface area (Å²) in [5.74, 6) is 0.885. The number of nitrogens with zero attached hydrogens (tertiary/aromatic N) is 2. The lowest BCUT2D eigenvalue weighted by molar-refractivity contribution is -0.127. The number of nitrogens with two attached hydrogens (primary N) is 1. The zero-order chi connectivity index (χ0) is 14.7. The number of anilines is 2. The molecule has 5 heteroatoms. The van der Waals surface area contributed by atoms with E-state index in [1.165, 1.54) is 0 Å². The highest BCUT2D eigenvalue weighted by Gasteiger charge is 2.19. The van der Waals surface area contributed by atoms with Crippen molar-refractivity contribution < 1.29 is 9.53 Å². The molecule has 0 unspecified atom stereocenters. The molecule has 2 rings (SSSR count). The fourth-order valence-corrected chi connectivity index (χ4v) is 2.34. The van der Waals surface area contributed by atoms with Crippen LogP contribution >= 0.6 is 0 Å². The highest BCUT2D eigenvalue weighted by molar-refractivity contribution is 5.82. The van der Waals surface area contributed by atoms with Crippen LogP contribution in [0.1, 0.15) is 20.3 Å². The summed E-state index contributed by atoms with van der Waals surface area (Å²) in [4.78, 5) is 15.8. The van der Waals surface area contributed by atoms with E-state index in [0.717, 1.165) is 30.9 Å². The summed E-state index contributed by atoms with van der Waals surface area (Å²) in [6.45, 7) is 6.00. The van der Waals surface area contributed by atoms with E-state index in [1.807, 2.05) is 39.1 Å². The molecule has 0 atom stereocenters. The number of amides is 1. The highest BCUT2D eigenvalue weighted by atomic mass is 16.5. The van der Waals surface area contributed by atoms with Crippen molar-refractivity contribution in [3.05, 3.63) is 18.2 Å². The maximum absolute atomic E-state index is 12.0. The number of carbonyl (C=O) groups is 1. The van der Waals surface area contributed by atoms with Crippen LogP contribution in [0.4, 0.5) is 11.4 Å². The van der Waals surface area contributed by atoms with E-state index in [-0.39, 0.29) is 12.0 Å². The van der Waals surface area contributed by atoms with Crippen molar-refractivity contribution in [2.75, 3.05) is 37.3 Å². The Morgan fingerprint density at radius 3 is 2.70 bits per heavy atom. The molecular formula is C15H23N3O2. The van der Waals surface area contributed by atoms with Gasteiger partial charge in [0.05, 0.1) is 12.6 Å². The molecule has 0 spiro atoms. The largest absolute Gasteiger partial charge is 0.491 e. The van der Waals surface area contributed by atoms with E-state index in [2.05, 4.69) is 4.90 Å². The first-order valence-corrected chi connectivity index (χ1v) is 7.02. The van der Waals surface area contributed by atoms with E-state index >= 15 is 0 Å². The summed E-state index contributed by atoms with van der Waals surface area (Å²) in [7, 11) is 1.85. The van der Waals surface area contributed by atoms with Crippen LogP contribution in [0, 0.1) is 0 Å². The molecule has 1 heterocycles. The van der Waals surface area contributed by atoms with Crippen LogP contribution < -0.4 is 15.4 Å². The van der Waals surface area contributed by atoms with Gasteiger partial charge in [-0.3, -0.25) is 4.79 Å². The standard InChI is InChI=1S/C15H23N3O2/c1-11(2)20-14-8-12(16)7-13(9-14)18-6-4-5-17(3)15(19)10-18/h7-9,11H,4-6,10,16H2,1-3H3. The monoisotopic (exact) mass is 277 g/mol. The van der Waals surface area contributed by atoms with Crippen molar-refractivity contribution in [3.63, 3.8) is 0 Å². The normalized spacial score (nSPS) is 16.5. The van der Waals surface area contributed by atoms with Crippen molar-refractivity contribution in [2.24, 2.45) is 0 Å². The van der Waals surface area contributed by atoms with E-state index in [1.54, 1.807) is 4.90 Å². The van der Waals surface area contributed by atoms with Crippen LogP contribution in [0.5, 0.6) is 5.75 Å². The number of benzene rings is 1. The number of ether oxygens (including phenoxy) is 1. The molecule has 1 aliphatic rings. The number of nitrogen functional groups attached to an aromatic ring is 1. The van der Waals surface area contributed by atoms with Crippen molar-refractivity contribution in [3.8, 4) is 5.75 Å². The Labute approximate surface area is 120 Å². The van der Waals surface area contributed by atoms with Crippen LogP contribution in [-0.4, -0.2) is 43.6 Å². The average Bonchev–Trinajstić information content (AvgIpc) is 2.50. The number of rotatable bonds is 3. The molecule has 0 aliphatic carbocycles. The molecule has 0 radical (unpaired) electrons. The van der Waals surface area contributed by atoms with Crippen molar-refractivity contribution in [1.29, 1.82) is 0 Å². The molecule has 0 aromatic heterocycles. The molecule has 2 N–H and O–H groups in total. The van der Waals surface area contributed by atoms with Gasteiger partial charge in [-0.05, 0) is 26.3 Å². The third kappa shape index (κ3) is 3.56. The molecule has 110 valence electrons. The Kier molecular flexibility index (Phi) is 4.37. The minimum absolute atomic E-state index is 0.0987. The van der Waals surface area contributed by atoms with Gasteiger partial charge in [0.2, 0.25) is 5.91 Å². The van der Waals surface area contributed by atoms with Crippen molar-refractivity contribution in [1.82, 2.24) is 4.90 Å². The zero-order valence-corrected chi connectivity index (χ0v) is 12.4. The molecule has 1 amide bonds. The SMILES string of the molecule is CC(C)Oc1cc(N)cc(N2CCCN(C)C(=O)C2)c1. The molecule has 1 aromatic rings. The smallest absolute Gasteiger partial charge is 0.241 e. The predicted octanol–water partition coefficient (Wildman–Crippen LogP) is 1.72. The Balaban J connectivity index is 2.22. The van der Waals surface area contributed by atoms with Gasteiger partial charge in [-0.1, -0.05) is 0 Å². The quantitative estimate of drug-likeness (QED) is 0.855. The van der Waals surface area contributed by atoms with Crippen molar-refractivity contribution in [2.45, 2.75) is 26.4 Å². The summed E-state index contributed by atoms with van der Waals surface area (Å²) in [6.07, 6.45) is 1.05. The first-order valence-electron chi connectivity index (χ1n) is 7.02. The van der Waals surface area contributed by atoms with E-state index in [0.29, 0.717) is 12.2 Å². The lowest BCUT2D eigenvalue weighted by atomic mass is 10.2. The lowest BCUT2D eigenvalue weighted by Crippen LogP contribution is -2.34. The molecule has 1 fully saturated rings. The molecule has 0 bridgehead atoms. The Bertz CT molecular complexity index is 488. The zero-order valence-electron chi connectivity index (χ0n) is 12.4. The lowest BCUT2D eigenvalue weighted by Gasteiger charge is -2.23. The van der Waals surface area contributed by atoms with Gasteiger partial charge in [0.25, 0.3) is 0 Å². The van der Waals surface area contributed by atoms with Gasteiger partial charge >= 0.3 is 0 Å². The third-order valence-electron chi connectivity index (χ3n) is 3.32. The minimum Gasteiger partial charge on any atom is -0.491 e. The molecule has 0 saturated carbocycles. The van der Waals surface area contributed by atoms with Gasteiger partial charge < -0.3 is 20.3 Å². The second-order valence-electron chi connectivity index (χ2n) is 5.52. The van der Waals surface area contributed by atoms with Crippen LogP contribution in [0.25, 0.3) is 0 Å². The van der Waals surface area contributed by atoms with Crippen LogP contribution in [-0.2, 0) is 4.79 Å². The summed E-state index contributed by atoms with van der Waals surface area (Å²) in [5, 5.41) is 0. The van der Waals surface area contributed by atoms with Gasteiger partial charge in [0.1, 0.15) is 5.75 Å². The van der Waals surface area contributed by atoms with Crippen LogP contribution in [0.15, 0.2) is 18.2 Å². The van der Waals surface area contributed by atoms with E-state index in [9.17, 15) is 4.79 Å². The summed E-state index contributed by atoms with van der Waals surface area (Å²) in [5.41, 5.74) is 7.54.